The van der Waals surface area contributed by atoms with Crippen LogP contribution in [-0.2, 0) is 26.2 Å². The number of hydrogen-bond donors (Lipinski definition) is 2. The Bertz CT molecular complexity index is 1870. The van der Waals surface area contributed by atoms with E-state index in [4.69, 9.17) is 0 Å². The number of nitrogens with zero attached hydrogens (tertiary/aromatic N) is 3. The number of pyridine rings is 1. The molecule has 1 saturated heterocycles. The van der Waals surface area contributed by atoms with Gasteiger partial charge < -0.3 is 15.3 Å². The summed E-state index contributed by atoms with van der Waals surface area (Å²) in [5.74, 6) is -1.43. The minimum absolute atomic E-state index is 0.00285. The number of aromatic nitrogens is 1. The Morgan fingerprint density at radius 3 is 2.11 bits per heavy atom. The third-order valence-corrected chi connectivity index (χ3v) is 9.98. The highest BCUT2D eigenvalue weighted by molar-refractivity contribution is 7.89. The van der Waals surface area contributed by atoms with Gasteiger partial charge in [0.1, 0.15) is 10.9 Å². The molecule has 2 amide bonds. The van der Waals surface area contributed by atoms with E-state index in [9.17, 15) is 23.1 Å². The van der Waals surface area contributed by atoms with Crippen LogP contribution in [0.2, 0.25) is 0 Å². The van der Waals surface area contributed by atoms with Crippen LogP contribution < -0.4 is 5.32 Å². The Hall–Kier alpha value is -4.90. The number of benzene rings is 4. The largest absolute Gasteiger partial charge is 0.392 e. The van der Waals surface area contributed by atoms with Crippen molar-refractivity contribution < 1.29 is 23.1 Å². The quantitative estimate of drug-likeness (QED) is 0.266. The van der Waals surface area contributed by atoms with Crippen LogP contribution in [0.3, 0.4) is 0 Å². The van der Waals surface area contributed by atoms with Crippen LogP contribution in [0, 0.1) is 0 Å². The molecule has 9 nitrogen and oxygen atoms in total. The molecule has 5 aromatic rings. The molecule has 0 spiro atoms. The molecule has 1 aliphatic heterocycles. The highest BCUT2D eigenvalue weighted by Crippen LogP contribution is 2.31. The summed E-state index contributed by atoms with van der Waals surface area (Å²) in [5, 5.41) is 12.9. The molecule has 0 radical (unpaired) electrons. The number of amides is 2. The van der Waals surface area contributed by atoms with E-state index in [1.807, 2.05) is 60.7 Å². The van der Waals surface area contributed by atoms with Gasteiger partial charge in [-0.15, -0.1) is 0 Å². The zero-order valence-electron chi connectivity index (χ0n) is 24.4. The highest BCUT2D eigenvalue weighted by atomic mass is 32.2. The van der Waals surface area contributed by atoms with Gasteiger partial charge >= 0.3 is 0 Å². The number of piperazine rings is 1. The normalized spacial score (nSPS) is 15.7. The first-order valence-electron chi connectivity index (χ1n) is 14.6. The number of hydrogen-bond acceptors (Lipinski definition) is 6. The molecule has 0 aliphatic carbocycles. The first kappa shape index (κ1) is 30.1. The second-order valence-electron chi connectivity index (χ2n) is 10.8. The summed E-state index contributed by atoms with van der Waals surface area (Å²) in [5.41, 5.74) is 3.02. The number of anilines is 1. The second-order valence-corrected chi connectivity index (χ2v) is 12.7. The summed E-state index contributed by atoms with van der Waals surface area (Å²) in [6, 6.07) is 32.7. The lowest BCUT2D eigenvalue weighted by molar-refractivity contribution is -0.135. The van der Waals surface area contributed by atoms with Gasteiger partial charge in [-0.25, -0.2) is 8.42 Å². The summed E-state index contributed by atoms with van der Waals surface area (Å²) in [7, 11) is -4.22. The van der Waals surface area contributed by atoms with E-state index in [0.29, 0.717) is 22.2 Å². The van der Waals surface area contributed by atoms with Crippen molar-refractivity contribution in [3.63, 3.8) is 0 Å². The van der Waals surface area contributed by atoms with Gasteiger partial charge in [0, 0.05) is 36.9 Å². The van der Waals surface area contributed by atoms with Gasteiger partial charge in [0.05, 0.1) is 18.0 Å². The molecule has 45 heavy (non-hydrogen) atoms. The van der Waals surface area contributed by atoms with Gasteiger partial charge in [0.25, 0.3) is 0 Å². The minimum Gasteiger partial charge on any atom is -0.392 e. The van der Waals surface area contributed by atoms with Crippen molar-refractivity contribution in [2.24, 2.45) is 0 Å². The number of aliphatic hydroxyl groups is 1. The predicted molar refractivity (Wildman–Crippen MR) is 172 cm³/mol. The summed E-state index contributed by atoms with van der Waals surface area (Å²) in [6.45, 7) is -0.285. The Balaban J connectivity index is 1.37. The van der Waals surface area contributed by atoms with E-state index in [2.05, 4.69) is 10.3 Å². The molecule has 228 valence electrons. The van der Waals surface area contributed by atoms with Gasteiger partial charge in [-0.3, -0.25) is 14.6 Å². The molecule has 0 bridgehead atoms. The third kappa shape index (κ3) is 6.21. The first-order chi connectivity index (χ1) is 21.9. The second kappa shape index (κ2) is 13.0. The molecule has 10 heteroatoms. The van der Waals surface area contributed by atoms with Gasteiger partial charge in [0.15, 0.2) is 0 Å². The lowest BCUT2D eigenvalue weighted by Gasteiger charge is -2.40. The average Bonchev–Trinajstić information content (AvgIpc) is 3.09. The van der Waals surface area contributed by atoms with Crippen molar-refractivity contribution >= 4 is 38.4 Å². The molecular weight excluding hydrogens is 588 g/mol. The van der Waals surface area contributed by atoms with Crippen LogP contribution in [0.4, 0.5) is 5.69 Å². The van der Waals surface area contributed by atoms with E-state index >= 15 is 0 Å². The lowest BCUT2D eigenvalue weighted by atomic mass is 9.89. The van der Waals surface area contributed by atoms with Crippen molar-refractivity contribution in [3.05, 3.63) is 138 Å². The number of carbonyl (C=O) groups excluding carboxylic acids is 2. The molecule has 6 rings (SSSR count). The molecule has 2 heterocycles. The zero-order valence-corrected chi connectivity index (χ0v) is 25.2. The number of nitrogens with one attached hydrogen (secondary N) is 1. The van der Waals surface area contributed by atoms with Crippen LogP contribution in [0.25, 0.3) is 10.9 Å². The van der Waals surface area contributed by atoms with Gasteiger partial charge in [-0.05, 0) is 41.0 Å². The fourth-order valence-corrected chi connectivity index (χ4v) is 7.49. The Morgan fingerprint density at radius 1 is 0.822 bits per heavy atom. The first-order valence-corrected chi connectivity index (χ1v) is 16.1. The van der Waals surface area contributed by atoms with Crippen LogP contribution in [0.15, 0.2) is 126 Å². The lowest BCUT2D eigenvalue weighted by Crippen LogP contribution is -2.60. The summed E-state index contributed by atoms with van der Waals surface area (Å²) in [4.78, 5) is 34.1. The Morgan fingerprint density at radius 2 is 1.47 bits per heavy atom. The van der Waals surface area contributed by atoms with Crippen molar-refractivity contribution in [1.29, 1.82) is 0 Å². The fraction of sp³-hybridized carbons (Fsp3) is 0.171. The summed E-state index contributed by atoms with van der Waals surface area (Å²) in [6.07, 6.45) is 1.53. The zero-order chi connectivity index (χ0) is 31.4. The molecular formula is C35H32N4O5S. The van der Waals surface area contributed by atoms with E-state index in [1.165, 1.54) is 16.6 Å². The van der Waals surface area contributed by atoms with Crippen molar-refractivity contribution in [2.75, 3.05) is 25.0 Å². The monoisotopic (exact) mass is 620 g/mol. The van der Waals surface area contributed by atoms with E-state index in [0.717, 1.165) is 11.1 Å². The maximum absolute atomic E-state index is 14.3. The molecule has 1 atom stereocenters. The molecule has 0 saturated carbocycles. The molecule has 1 aromatic heterocycles. The number of para-hydroxylation sites is 1. The molecule has 4 aromatic carbocycles. The van der Waals surface area contributed by atoms with Gasteiger partial charge in [0.2, 0.25) is 21.8 Å². The average molecular weight is 621 g/mol. The van der Waals surface area contributed by atoms with E-state index in [1.54, 1.807) is 53.4 Å². The molecule has 1 unspecified atom stereocenters. The fourth-order valence-electron chi connectivity index (χ4n) is 5.75. The number of rotatable bonds is 8. The van der Waals surface area contributed by atoms with Gasteiger partial charge in [-0.2, -0.15) is 4.31 Å². The SMILES string of the molecule is O=C(Nc1ccc(CO)cc1)C1CN(C(=O)C(c2ccccc2)c2ccccc2)CCN1S(=O)(=O)c1cccc2cccnc12. The predicted octanol–water partition coefficient (Wildman–Crippen LogP) is 4.40. The summed E-state index contributed by atoms with van der Waals surface area (Å²) < 4.78 is 29.7. The number of aliphatic hydroxyl groups excluding tert-OH is 1. The van der Waals surface area contributed by atoms with Crippen LogP contribution in [0.1, 0.15) is 22.6 Å². The molecule has 2 N–H and O–H groups in total. The standard InChI is InChI=1S/C35H32N4O5S/c40-24-25-16-18-29(19-17-25)37-34(41)30-23-38(35(42)32(26-9-3-1-4-10-26)27-11-5-2-6-12-27)21-22-39(30)45(43,44)31-15-7-13-28-14-8-20-36-33(28)31/h1-20,30,32,40H,21-24H2,(H,37,41). The third-order valence-electron chi connectivity index (χ3n) is 8.04. The topological polar surface area (TPSA) is 120 Å². The van der Waals surface area contributed by atoms with Crippen LogP contribution in [-0.4, -0.2) is 65.2 Å². The van der Waals surface area contributed by atoms with Crippen LogP contribution >= 0.6 is 0 Å². The minimum atomic E-state index is -4.22. The Kier molecular flexibility index (Phi) is 8.70. The maximum atomic E-state index is 14.3. The Labute approximate surface area is 261 Å². The molecule has 1 fully saturated rings. The smallest absolute Gasteiger partial charge is 0.246 e. The number of fused-ring (bicyclic) bond motifs is 1. The van der Waals surface area contributed by atoms with E-state index in [-0.39, 0.29) is 37.0 Å². The van der Waals surface area contributed by atoms with Gasteiger partial charge in [-0.1, -0.05) is 91.0 Å². The van der Waals surface area contributed by atoms with Crippen molar-refractivity contribution in [2.45, 2.75) is 23.5 Å². The van der Waals surface area contributed by atoms with Crippen LogP contribution in [0.5, 0.6) is 0 Å². The number of carbonyl (C=O) groups is 2. The van der Waals surface area contributed by atoms with E-state index < -0.39 is 27.9 Å². The van der Waals surface area contributed by atoms with Crippen molar-refractivity contribution in [1.82, 2.24) is 14.2 Å². The highest BCUT2D eigenvalue weighted by Gasteiger charge is 2.43. The summed E-state index contributed by atoms with van der Waals surface area (Å²) >= 11 is 0. The molecule has 1 aliphatic rings. The maximum Gasteiger partial charge on any atom is 0.246 e. The number of sulfonamides is 1. The van der Waals surface area contributed by atoms with Crippen molar-refractivity contribution in [3.8, 4) is 0 Å².